The molecule has 7 nitrogen and oxygen atoms in total. The zero-order chi connectivity index (χ0) is 15.7. The minimum atomic E-state index is -3.31. The molecule has 9 heteroatoms. The SMILES string of the molecule is CS(=O)(=O)c1cccc(NC(=O)c2n[nH]c3c2CNCC3)c1.Cl. The Morgan fingerprint density at radius 3 is 2.87 bits per heavy atom. The topological polar surface area (TPSA) is 104 Å². The lowest BCUT2D eigenvalue weighted by atomic mass is 10.1. The van der Waals surface area contributed by atoms with Crippen LogP contribution in [0.4, 0.5) is 5.69 Å². The van der Waals surface area contributed by atoms with Crippen molar-refractivity contribution in [1.82, 2.24) is 15.5 Å². The molecule has 1 aromatic carbocycles. The molecule has 1 aliphatic rings. The van der Waals surface area contributed by atoms with Gasteiger partial charge in [-0.3, -0.25) is 9.89 Å². The molecule has 0 unspecified atom stereocenters. The molecule has 0 saturated heterocycles. The van der Waals surface area contributed by atoms with Crippen molar-refractivity contribution in [2.24, 2.45) is 0 Å². The van der Waals surface area contributed by atoms with Crippen LogP contribution in [0.3, 0.4) is 0 Å². The Bertz CT molecular complexity index is 832. The zero-order valence-electron chi connectivity index (χ0n) is 12.4. The molecule has 2 heterocycles. The maximum Gasteiger partial charge on any atom is 0.276 e. The first kappa shape index (κ1) is 17.5. The van der Waals surface area contributed by atoms with Crippen molar-refractivity contribution in [3.63, 3.8) is 0 Å². The molecule has 1 amide bonds. The molecule has 3 rings (SSSR count). The quantitative estimate of drug-likeness (QED) is 0.764. The van der Waals surface area contributed by atoms with E-state index in [1.54, 1.807) is 12.1 Å². The van der Waals surface area contributed by atoms with Gasteiger partial charge in [0.05, 0.1) is 4.90 Å². The van der Waals surface area contributed by atoms with Gasteiger partial charge in [-0.05, 0) is 18.2 Å². The molecule has 0 radical (unpaired) electrons. The van der Waals surface area contributed by atoms with E-state index >= 15 is 0 Å². The van der Waals surface area contributed by atoms with Crippen LogP contribution in [0.1, 0.15) is 21.7 Å². The highest BCUT2D eigenvalue weighted by molar-refractivity contribution is 7.90. The van der Waals surface area contributed by atoms with Crippen LogP contribution >= 0.6 is 12.4 Å². The molecule has 0 fully saturated rings. The van der Waals surface area contributed by atoms with E-state index in [2.05, 4.69) is 20.8 Å². The number of anilines is 1. The number of H-pyrrole nitrogens is 1. The van der Waals surface area contributed by atoms with Gasteiger partial charge in [0.2, 0.25) is 0 Å². The Kier molecular flexibility index (Phi) is 5.08. The molecule has 2 aromatic rings. The van der Waals surface area contributed by atoms with E-state index in [1.165, 1.54) is 12.1 Å². The highest BCUT2D eigenvalue weighted by atomic mass is 35.5. The van der Waals surface area contributed by atoms with Crippen molar-refractivity contribution in [3.8, 4) is 0 Å². The second kappa shape index (κ2) is 6.69. The van der Waals surface area contributed by atoms with Crippen molar-refractivity contribution < 1.29 is 13.2 Å². The number of aromatic nitrogens is 2. The van der Waals surface area contributed by atoms with E-state index in [-0.39, 0.29) is 23.2 Å². The Labute approximate surface area is 140 Å². The second-order valence-electron chi connectivity index (χ2n) is 5.21. The van der Waals surface area contributed by atoms with Crippen LogP contribution in [-0.4, -0.2) is 37.3 Å². The van der Waals surface area contributed by atoms with E-state index in [0.717, 1.165) is 30.5 Å². The second-order valence-corrected chi connectivity index (χ2v) is 7.23. The van der Waals surface area contributed by atoms with Gasteiger partial charge in [0.25, 0.3) is 5.91 Å². The number of nitrogens with zero attached hydrogens (tertiary/aromatic N) is 1. The molecule has 0 atom stereocenters. The number of aromatic amines is 1. The molecule has 23 heavy (non-hydrogen) atoms. The first-order valence-electron chi connectivity index (χ1n) is 6.83. The summed E-state index contributed by atoms with van der Waals surface area (Å²) in [6, 6.07) is 6.16. The standard InChI is InChI=1S/C14H16N4O3S.ClH/c1-22(20,21)10-4-2-3-9(7-10)16-14(19)13-11-8-15-6-5-12(11)17-18-13;/h2-4,7,15H,5-6,8H2,1H3,(H,16,19)(H,17,18);1H. The molecule has 0 saturated carbocycles. The van der Waals surface area contributed by atoms with Gasteiger partial charge < -0.3 is 10.6 Å². The summed E-state index contributed by atoms with van der Waals surface area (Å²) in [5.41, 5.74) is 2.59. The van der Waals surface area contributed by atoms with Crippen molar-refractivity contribution in [2.45, 2.75) is 17.9 Å². The maximum atomic E-state index is 12.3. The van der Waals surface area contributed by atoms with E-state index in [9.17, 15) is 13.2 Å². The number of benzene rings is 1. The smallest absolute Gasteiger partial charge is 0.276 e. The number of fused-ring (bicyclic) bond motifs is 1. The normalized spacial score (nSPS) is 13.8. The highest BCUT2D eigenvalue weighted by Gasteiger charge is 2.21. The summed E-state index contributed by atoms with van der Waals surface area (Å²) in [7, 11) is -3.31. The van der Waals surface area contributed by atoms with Crippen LogP contribution in [-0.2, 0) is 22.8 Å². The molecular formula is C14H17ClN4O3S. The fourth-order valence-electron chi connectivity index (χ4n) is 2.41. The van der Waals surface area contributed by atoms with Crippen LogP contribution in [0.25, 0.3) is 0 Å². The van der Waals surface area contributed by atoms with Crippen molar-refractivity contribution >= 4 is 33.8 Å². The van der Waals surface area contributed by atoms with Crippen LogP contribution < -0.4 is 10.6 Å². The van der Waals surface area contributed by atoms with E-state index in [4.69, 9.17) is 0 Å². The average molecular weight is 357 g/mol. The van der Waals surface area contributed by atoms with Crippen molar-refractivity contribution in [2.75, 3.05) is 18.1 Å². The molecule has 0 spiro atoms. The Hall–Kier alpha value is -1.90. The third-order valence-corrected chi connectivity index (χ3v) is 4.65. The molecular weight excluding hydrogens is 340 g/mol. The summed E-state index contributed by atoms with van der Waals surface area (Å²) in [5, 5.41) is 12.8. The number of rotatable bonds is 3. The summed E-state index contributed by atoms with van der Waals surface area (Å²) >= 11 is 0. The maximum absolute atomic E-state index is 12.3. The van der Waals surface area contributed by atoms with Crippen molar-refractivity contribution in [3.05, 3.63) is 41.2 Å². The van der Waals surface area contributed by atoms with Crippen LogP contribution in [0.5, 0.6) is 0 Å². The Morgan fingerprint density at radius 1 is 1.35 bits per heavy atom. The summed E-state index contributed by atoms with van der Waals surface area (Å²) in [4.78, 5) is 12.5. The van der Waals surface area contributed by atoms with Gasteiger partial charge >= 0.3 is 0 Å². The Morgan fingerprint density at radius 2 is 2.13 bits per heavy atom. The third kappa shape index (κ3) is 3.72. The predicted octanol–water partition coefficient (Wildman–Crippen LogP) is 1.13. The largest absolute Gasteiger partial charge is 0.321 e. The van der Waals surface area contributed by atoms with Crippen molar-refractivity contribution in [1.29, 1.82) is 0 Å². The monoisotopic (exact) mass is 356 g/mol. The summed E-state index contributed by atoms with van der Waals surface area (Å²) in [6.07, 6.45) is 1.93. The number of hydrogen-bond acceptors (Lipinski definition) is 5. The molecule has 124 valence electrons. The summed E-state index contributed by atoms with van der Waals surface area (Å²) < 4.78 is 23.1. The fraction of sp³-hybridized carbons (Fsp3) is 0.286. The van der Waals surface area contributed by atoms with Gasteiger partial charge in [-0.1, -0.05) is 6.07 Å². The molecule has 3 N–H and O–H groups in total. The lowest BCUT2D eigenvalue weighted by Gasteiger charge is -2.13. The number of halogens is 1. The van der Waals surface area contributed by atoms with Gasteiger partial charge in [-0.15, -0.1) is 12.4 Å². The first-order valence-corrected chi connectivity index (χ1v) is 8.72. The lowest BCUT2D eigenvalue weighted by Crippen LogP contribution is -2.25. The first-order chi connectivity index (χ1) is 10.4. The summed E-state index contributed by atoms with van der Waals surface area (Å²) in [6.45, 7) is 1.45. The lowest BCUT2D eigenvalue weighted by molar-refractivity contribution is 0.102. The van der Waals surface area contributed by atoms with Gasteiger partial charge in [0, 0.05) is 42.7 Å². The number of carbonyl (C=O) groups excluding carboxylic acids is 1. The van der Waals surface area contributed by atoms with Gasteiger partial charge in [-0.2, -0.15) is 5.10 Å². The minimum absolute atomic E-state index is 0. The van der Waals surface area contributed by atoms with Crippen LogP contribution in [0.2, 0.25) is 0 Å². The fourth-order valence-corrected chi connectivity index (χ4v) is 3.07. The number of sulfone groups is 1. The van der Waals surface area contributed by atoms with Crippen LogP contribution in [0.15, 0.2) is 29.2 Å². The van der Waals surface area contributed by atoms with Gasteiger partial charge in [0.1, 0.15) is 0 Å². The Balaban J connectivity index is 0.00000192. The van der Waals surface area contributed by atoms with Gasteiger partial charge in [0.15, 0.2) is 15.5 Å². The average Bonchev–Trinajstić information content (AvgIpc) is 2.90. The molecule has 1 aliphatic heterocycles. The predicted molar refractivity (Wildman–Crippen MR) is 88.8 cm³/mol. The third-order valence-electron chi connectivity index (χ3n) is 3.54. The summed E-state index contributed by atoms with van der Waals surface area (Å²) in [5.74, 6) is -0.355. The minimum Gasteiger partial charge on any atom is -0.321 e. The van der Waals surface area contributed by atoms with E-state index < -0.39 is 9.84 Å². The van der Waals surface area contributed by atoms with E-state index in [0.29, 0.717) is 17.9 Å². The van der Waals surface area contributed by atoms with E-state index in [1.807, 2.05) is 0 Å². The number of hydrogen-bond donors (Lipinski definition) is 3. The highest BCUT2D eigenvalue weighted by Crippen LogP contribution is 2.19. The number of nitrogens with one attached hydrogen (secondary N) is 3. The molecule has 0 aliphatic carbocycles. The molecule has 0 bridgehead atoms. The van der Waals surface area contributed by atoms with Gasteiger partial charge in [-0.25, -0.2) is 8.42 Å². The molecule has 1 aromatic heterocycles. The number of carbonyl (C=O) groups is 1. The zero-order valence-corrected chi connectivity index (χ0v) is 14.1. The number of amides is 1. The van der Waals surface area contributed by atoms with Crippen LogP contribution in [0, 0.1) is 0 Å².